The molecule has 5 aliphatic rings. The number of piperazine rings is 1. The number of amides is 2. The first-order valence-electron chi connectivity index (χ1n) is 14.6. The minimum atomic E-state index is -4.79. The number of hydrogen-bond acceptors (Lipinski definition) is 7. The lowest BCUT2D eigenvalue weighted by atomic mass is 9.72. The van der Waals surface area contributed by atoms with Gasteiger partial charge in [-0.2, -0.15) is 17.5 Å². The number of hydrogen-bond donors (Lipinski definition) is 1. The summed E-state index contributed by atoms with van der Waals surface area (Å²) in [5.41, 5.74) is -2.86. The maximum Gasteiger partial charge on any atom is 0.417 e. The van der Waals surface area contributed by atoms with Crippen LogP contribution in [0.15, 0.2) is 24.3 Å². The highest BCUT2D eigenvalue weighted by molar-refractivity contribution is 7.13. The van der Waals surface area contributed by atoms with Crippen LogP contribution in [-0.4, -0.2) is 82.1 Å². The van der Waals surface area contributed by atoms with Gasteiger partial charge in [-0.25, -0.2) is 0 Å². The van der Waals surface area contributed by atoms with E-state index < -0.39 is 47.8 Å². The number of alkyl halides is 3. The molecule has 7 rings (SSSR count). The summed E-state index contributed by atoms with van der Waals surface area (Å²) in [4.78, 5) is 32.9. The zero-order valence-electron chi connectivity index (χ0n) is 22.4. The summed E-state index contributed by atoms with van der Waals surface area (Å²) in [5, 5.41) is 11.7. The van der Waals surface area contributed by atoms with Crippen molar-refractivity contribution in [1.29, 1.82) is 0 Å². The molecule has 2 amide bonds. The summed E-state index contributed by atoms with van der Waals surface area (Å²) in [6, 6.07) is 8.30. The van der Waals surface area contributed by atoms with Gasteiger partial charge in [-0.15, -0.1) is 0 Å². The number of aliphatic hydroxyl groups is 1. The number of likely N-dealkylation sites (tertiary alicyclic amines) is 1. The third-order valence-corrected chi connectivity index (χ3v) is 11.5. The maximum atomic E-state index is 13.7. The SMILES string of the molecule is O=C1[C@@H]2[C@H]3C[C@@H]([C@@H]2C(=O)N1C[C@@H]1CCCC[C@H]1CN1CCN(c2nsc4ccccc24)CC1)[C@@](O)(C(F)(F)F)C3. The van der Waals surface area contributed by atoms with Crippen LogP contribution < -0.4 is 4.90 Å². The largest absolute Gasteiger partial charge is 0.417 e. The molecule has 0 unspecified atom stereocenters. The van der Waals surface area contributed by atoms with Gasteiger partial charge in [-0.05, 0) is 67.1 Å². The molecule has 0 spiro atoms. The molecule has 11 heteroatoms. The smallest absolute Gasteiger partial charge is 0.380 e. The fourth-order valence-corrected chi connectivity index (χ4v) is 9.44. The predicted molar refractivity (Wildman–Crippen MR) is 145 cm³/mol. The highest BCUT2D eigenvalue weighted by Gasteiger charge is 2.74. The molecule has 0 radical (unpaired) electrons. The number of rotatable bonds is 5. The lowest BCUT2D eigenvalue weighted by molar-refractivity contribution is -0.282. The Morgan fingerprint density at radius 3 is 2.38 bits per heavy atom. The van der Waals surface area contributed by atoms with E-state index in [1.165, 1.54) is 26.5 Å². The first-order valence-corrected chi connectivity index (χ1v) is 15.4. The normalized spacial score (nSPS) is 36.7. The second-order valence-corrected chi connectivity index (χ2v) is 13.5. The molecule has 2 aromatic rings. The van der Waals surface area contributed by atoms with Crippen LogP contribution >= 0.6 is 11.5 Å². The molecule has 5 fully saturated rings. The molecule has 1 aromatic heterocycles. The van der Waals surface area contributed by atoms with Crippen molar-refractivity contribution in [3.8, 4) is 0 Å². The average Bonchev–Trinajstić information content (AvgIpc) is 3.68. The standard InChI is InChI=1S/C29H35F3N4O3S/c30-29(31,32)28(39)14-19-13-21(28)24-23(19)26(37)36(27(24)38)16-18-6-2-1-5-17(18)15-34-9-11-35(12-10-34)25-20-7-3-4-8-22(20)40-33-25/h3-4,7-8,17-19,21,23-24,39H,1-2,5-6,9-16H2/t17-,18-,19-,21-,23+,24-,28+/m0/s1. The van der Waals surface area contributed by atoms with Crippen molar-refractivity contribution in [2.75, 3.05) is 44.2 Å². The van der Waals surface area contributed by atoms with Crippen LogP contribution in [0.5, 0.6) is 0 Å². The van der Waals surface area contributed by atoms with E-state index in [1.54, 1.807) is 0 Å². The molecular weight excluding hydrogens is 541 g/mol. The Bertz CT molecular complexity index is 1310. The number of carbonyl (C=O) groups excluding carboxylic acids is 2. The zero-order chi connectivity index (χ0) is 27.8. The van der Waals surface area contributed by atoms with Crippen molar-refractivity contribution in [1.82, 2.24) is 14.2 Å². The summed E-state index contributed by atoms with van der Waals surface area (Å²) < 4.78 is 47.1. The van der Waals surface area contributed by atoms with E-state index in [2.05, 4.69) is 21.9 Å². The van der Waals surface area contributed by atoms with Crippen molar-refractivity contribution in [2.24, 2.45) is 35.5 Å². The molecule has 2 bridgehead atoms. The molecule has 1 N–H and O–H groups in total. The monoisotopic (exact) mass is 576 g/mol. The van der Waals surface area contributed by atoms with E-state index in [4.69, 9.17) is 4.37 Å². The van der Waals surface area contributed by atoms with E-state index in [-0.39, 0.29) is 18.2 Å². The Hall–Kier alpha value is -2.24. The van der Waals surface area contributed by atoms with E-state index in [0.29, 0.717) is 12.5 Å². The highest BCUT2D eigenvalue weighted by Crippen LogP contribution is 2.64. The topological polar surface area (TPSA) is 77.0 Å². The van der Waals surface area contributed by atoms with E-state index in [1.807, 2.05) is 12.1 Å². The molecule has 216 valence electrons. The first kappa shape index (κ1) is 26.6. The number of imide groups is 1. The summed E-state index contributed by atoms with van der Waals surface area (Å²) in [7, 11) is 0. The summed E-state index contributed by atoms with van der Waals surface area (Å²) >= 11 is 1.53. The van der Waals surface area contributed by atoms with Crippen LogP contribution in [0.3, 0.4) is 0 Å². The molecule has 7 nitrogen and oxygen atoms in total. The van der Waals surface area contributed by atoms with Crippen molar-refractivity contribution in [2.45, 2.75) is 50.3 Å². The van der Waals surface area contributed by atoms with Crippen LogP contribution in [-0.2, 0) is 9.59 Å². The average molecular weight is 577 g/mol. The van der Waals surface area contributed by atoms with Gasteiger partial charge in [0.15, 0.2) is 5.60 Å². The molecule has 2 saturated heterocycles. The van der Waals surface area contributed by atoms with Gasteiger partial charge in [0.1, 0.15) is 5.82 Å². The Labute approximate surface area is 235 Å². The minimum Gasteiger partial charge on any atom is -0.380 e. The predicted octanol–water partition coefficient (Wildman–Crippen LogP) is 4.16. The number of benzene rings is 1. The second kappa shape index (κ2) is 9.66. The first-order chi connectivity index (χ1) is 19.2. The molecule has 2 aliphatic heterocycles. The van der Waals surface area contributed by atoms with Crippen molar-refractivity contribution in [3.05, 3.63) is 24.3 Å². The van der Waals surface area contributed by atoms with Crippen LogP contribution in [0.1, 0.15) is 38.5 Å². The summed E-state index contributed by atoms with van der Waals surface area (Å²) in [6.07, 6.45) is -1.06. The highest BCUT2D eigenvalue weighted by atomic mass is 32.1. The lowest BCUT2D eigenvalue weighted by Gasteiger charge is -2.40. The van der Waals surface area contributed by atoms with Gasteiger partial charge >= 0.3 is 6.18 Å². The van der Waals surface area contributed by atoms with Crippen LogP contribution in [0, 0.1) is 35.5 Å². The van der Waals surface area contributed by atoms with Crippen LogP contribution in [0.2, 0.25) is 0 Å². The van der Waals surface area contributed by atoms with Gasteiger partial charge in [0.25, 0.3) is 0 Å². The Morgan fingerprint density at radius 1 is 0.975 bits per heavy atom. The Kier molecular flexibility index (Phi) is 6.43. The number of anilines is 1. The van der Waals surface area contributed by atoms with Gasteiger partial charge in [0, 0.05) is 50.6 Å². The number of aromatic nitrogens is 1. The Morgan fingerprint density at radius 2 is 1.65 bits per heavy atom. The van der Waals surface area contributed by atoms with Gasteiger partial charge in [0.05, 0.1) is 16.5 Å². The summed E-state index contributed by atoms with van der Waals surface area (Å²) in [5.74, 6) is -2.76. The number of nitrogens with zero attached hydrogens (tertiary/aromatic N) is 4. The quantitative estimate of drug-likeness (QED) is 0.539. The van der Waals surface area contributed by atoms with Gasteiger partial charge in [-0.1, -0.05) is 25.0 Å². The molecule has 7 atom stereocenters. The van der Waals surface area contributed by atoms with E-state index >= 15 is 0 Å². The fraction of sp³-hybridized carbons (Fsp3) is 0.690. The summed E-state index contributed by atoms with van der Waals surface area (Å²) in [6.45, 7) is 4.81. The Balaban J connectivity index is 0.998. The fourth-order valence-electron chi connectivity index (χ4n) is 8.65. The van der Waals surface area contributed by atoms with Crippen molar-refractivity contribution < 1.29 is 27.9 Å². The van der Waals surface area contributed by atoms with Gasteiger partial charge in [-0.3, -0.25) is 19.4 Å². The van der Waals surface area contributed by atoms with Gasteiger partial charge < -0.3 is 10.0 Å². The maximum absolute atomic E-state index is 13.7. The zero-order valence-corrected chi connectivity index (χ0v) is 23.2. The number of fused-ring (bicyclic) bond motifs is 6. The minimum absolute atomic E-state index is 0.103. The second-order valence-electron chi connectivity index (χ2n) is 12.7. The number of carbonyl (C=O) groups is 2. The van der Waals surface area contributed by atoms with Crippen molar-refractivity contribution >= 4 is 39.3 Å². The van der Waals surface area contributed by atoms with Crippen LogP contribution in [0.4, 0.5) is 19.0 Å². The van der Waals surface area contributed by atoms with Gasteiger partial charge in [0.2, 0.25) is 11.8 Å². The van der Waals surface area contributed by atoms with Crippen molar-refractivity contribution in [3.63, 3.8) is 0 Å². The number of halogens is 3. The third-order valence-electron chi connectivity index (χ3n) is 10.7. The third kappa shape index (κ3) is 4.09. The van der Waals surface area contributed by atoms with E-state index in [0.717, 1.165) is 64.2 Å². The molecule has 40 heavy (non-hydrogen) atoms. The molecular formula is C29H35F3N4O3S. The van der Waals surface area contributed by atoms with Crippen LogP contribution in [0.25, 0.3) is 10.1 Å². The molecule has 3 heterocycles. The molecule has 3 aliphatic carbocycles. The molecule has 1 aromatic carbocycles. The lowest BCUT2D eigenvalue weighted by Crippen LogP contribution is -2.54. The van der Waals surface area contributed by atoms with E-state index in [9.17, 15) is 27.9 Å². The molecule has 3 saturated carbocycles.